The second-order valence-electron chi connectivity index (χ2n) is 4.74. The zero-order valence-electron chi connectivity index (χ0n) is 11.0. The highest BCUT2D eigenvalue weighted by Crippen LogP contribution is 2.31. The van der Waals surface area contributed by atoms with Crippen LogP contribution in [0.2, 0.25) is 0 Å². The lowest BCUT2D eigenvalue weighted by molar-refractivity contribution is 1.06. The maximum atomic E-state index is 4.51. The number of rotatable bonds is 2. The molecule has 0 aromatic carbocycles. The molecule has 0 spiro atoms. The standard InChI is InChI=1S/C15H13N5.H2/c1-16-15-18-8-12-11(3-4-13(12)19-15)10-2-5-14-17-6-7-20(14)9-10;/h2-3,5-9H,4H2,1H3,(H,16,18,19);1H. The van der Waals surface area contributed by atoms with Crippen molar-refractivity contribution in [1.29, 1.82) is 0 Å². The first-order valence-corrected chi connectivity index (χ1v) is 6.52. The van der Waals surface area contributed by atoms with Crippen LogP contribution in [-0.4, -0.2) is 26.4 Å². The molecule has 3 heterocycles. The summed E-state index contributed by atoms with van der Waals surface area (Å²) in [6.45, 7) is 0. The molecule has 5 nitrogen and oxygen atoms in total. The molecule has 0 atom stereocenters. The molecule has 0 unspecified atom stereocenters. The first kappa shape index (κ1) is 11.2. The highest BCUT2D eigenvalue weighted by atomic mass is 15.1. The highest BCUT2D eigenvalue weighted by molar-refractivity contribution is 5.83. The van der Waals surface area contributed by atoms with Crippen LogP contribution >= 0.6 is 0 Å². The van der Waals surface area contributed by atoms with Gasteiger partial charge in [0.1, 0.15) is 5.65 Å². The molecule has 20 heavy (non-hydrogen) atoms. The van der Waals surface area contributed by atoms with Gasteiger partial charge in [-0.15, -0.1) is 0 Å². The number of fused-ring (bicyclic) bond motifs is 2. The summed E-state index contributed by atoms with van der Waals surface area (Å²) < 4.78 is 2.02. The van der Waals surface area contributed by atoms with E-state index < -0.39 is 0 Å². The maximum absolute atomic E-state index is 4.51. The van der Waals surface area contributed by atoms with Crippen molar-refractivity contribution < 1.29 is 1.43 Å². The minimum absolute atomic E-state index is 0. The van der Waals surface area contributed by atoms with Gasteiger partial charge in [-0.05, 0) is 23.3 Å². The third kappa shape index (κ3) is 1.60. The van der Waals surface area contributed by atoms with Crippen LogP contribution in [-0.2, 0) is 6.42 Å². The first-order valence-electron chi connectivity index (χ1n) is 6.52. The molecule has 1 aliphatic carbocycles. The number of nitrogens with one attached hydrogen (secondary N) is 1. The predicted octanol–water partition coefficient (Wildman–Crippen LogP) is 2.40. The largest absolute Gasteiger partial charge is 0.357 e. The lowest BCUT2D eigenvalue weighted by Gasteiger charge is -2.07. The molecule has 1 N–H and O–H groups in total. The SMILES string of the molecule is CNc1ncc2c(n1)CC=C2c1ccc2nccn2c1.[HH]. The van der Waals surface area contributed by atoms with E-state index in [0.717, 1.165) is 28.9 Å². The minimum atomic E-state index is 0. The van der Waals surface area contributed by atoms with Gasteiger partial charge >= 0.3 is 0 Å². The molecule has 5 heteroatoms. The van der Waals surface area contributed by atoms with Crippen molar-refractivity contribution in [2.45, 2.75) is 6.42 Å². The van der Waals surface area contributed by atoms with E-state index in [9.17, 15) is 0 Å². The third-order valence-corrected chi connectivity index (χ3v) is 3.58. The predicted molar refractivity (Wildman–Crippen MR) is 79.7 cm³/mol. The summed E-state index contributed by atoms with van der Waals surface area (Å²) in [6.07, 6.45) is 10.8. The molecule has 1 aliphatic rings. The first-order chi connectivity index (χ1) is 9.85. The van der Waals surface area contributed by atoms with Crippen molar-refractivity contribution in [3.63, 3.8) is 0 Å². The van der Waals surface area contributed by atoms with E-state index in [2.05, 4.69) is 38.6 Å². The van der Waals surface area contributed by atoms with Crippen molar-refractivity contribution in [1.82, 2.24) is 19.4 Å². The Morgan fingerprint density at radius 2 is 2.25 bits per heavy atom. The summed E-state index contributed by atoms with van der Waals surface area (Å²) in [5.74, 6) is 0.670. The van der Waals surface area contributed by atoms with Gasteiger partial charge in [0.25, 0.3) is 0 Å². The van der Waals surface area contributed by atoms with Gasteiger partial charge in [0, 0.05) is 45.2 Å². The number of hydrogen-bond donors (Lipinski definition) is 1. The molecule has 100 valence electrons. The molecule has 0 bridgehead atoms. The molecular weight excluding hydrogens is 250 g/mol. The highest BCUT2D eigenvalue weighted by Gasteiger charge is 2.18. The summed E-state index contributed by atoms with van der Waals surface area (Å²) in [5.41, 5.74) is 5.50. The third-order valence-electron chi connectivity index (χ3n) is 3.58. The molecule has 3 aromatic rings. The summed E-state index contributed by atoms with van der Waals surface area (Å²) in [4.78, 5) is 13.1. The van der Waals surface area contributed by atoms with Gasteiger partial charge in [-0.3, -0.25) is 0 Å². The fraction of sp³-hybridized carbons (Fsp3) is 0.133. The molecule has 0 saturated heterocycles. The minimum Gasteiger partial charge on any atom is -0.357 e. The lowest BCUT2D eigenvalue weighted by atomic mass is 10.0. The van der Waals surface area contributed by atoms with Gasteiger partial charge in [0.2, 0.25) is 5.95 Å². The Hall–Kier alpha value is -2.69. The van der Waals surface area contributed by atoms with Crippen LogP contribution < -0.4 is 5.32 Å². The van der Waals surface area contributed by atoms with Crippen LogP contribution in [0.5, 0.6) is 0 Å². The van der Waals surface area contributed by atoms with Crippen LogP contribution in [0.15, 0.2) is 43.0 Å². The van der Waals surface area contributed by atoms with Crippen LogP contribution in [0.1, 0.15) is 18.2 Å². The van der Waals surface area contributed by atoms with Gasteiger partial charge in [-0.1, -0.05) is 6.08 Å². The number of aromatic nitrogens is 4. The number of anilines is 1. The number of allylic oxidation sites excluding steroid dienone is 1. The van der Waals surface area contributed by atoms with Gasteiger partial charge < -0.3 is 9.72 Å². The molecule has 0 radical (unpaired) electrons. The zero-order chi connectivity index (χ0) is 13.5. The Morgan fingerprint density at radius 3 is 3.15 bits per heavy atom. The van der Waals surface area contributed by atoms with Crippen molar-refractivity contribution in [2.75, 3.05) is 12.4 Å². The fourth-order valence-electron chi connectivity index (χ4n) is 2.58. The number of nitrogens with zero attached hydrogens (tertiary/aromatic N) is 4. The van der Waals surface area contributed by atoms with E-state index in [-0.39, 0.29) is 1.43 Å². The monoisotopic (exact) mass is 265 g/mol. The van der Waals surface area contributed by atoms with Crippen LogP contribution in [0.25, 0.3) is 11.2 Å². The second-order valence-corrected chi connectivity index (χ2v) is 4.74. The van der Waals surface area contributed by atoms with E-state index in [4.69, 9.17) is 0 Å². The Kier molecular flexibility index (Phi) is 2.32. The molecule has 3 aromatic heterocycles. The Morgan fingerprint density at radius 1 is 1.30 bits per heavy atom. The summed E-state index contributed by atoms with van der Waals surface area (Å²) in [7, 11) is 1.83. The van der Waals surface area contributed by atoms with E-state index in [0.29, 0.717) is 5.95 Å². The van der Waals surface area contributed by atoms with Crippen molar-refractivity contribution in [3.8, 4) is 0 Å². The van der Waals surface area contributed by atoms with E-state index >= 15 is 0 Å². The Balaban J connectivity index is 0.00000132. The molecule has 0 amide bonds. The quantitative estimate of drug-likeness (QED) is 0.773. The van der Waals surface area contributed by atoms with Gasteiger partial charge in [0.15, 0.2) is 0 Å². The Labute approximate surface area is 117 Å². The van der Waals surface area contributed by atoms with Gasteiger partial charge in [0.05, 0.1) is 5.69 Å². The molecule has 0 aliphatic heterocycles. The summed E-state index contributed by atoms with van der Waals surface area (Å²) in [6, 6.07) is 4.12. The normalized spacial score (nSPS) is 13.3. The smallest absolute Gasteiger partial charge is 0.222 e. The molecule has 4 rings (SSSR count). The number of hydrogen-bond acceptors (Lipinski definition) is 4. The number of pyridine rings is 1. The van der Waals surface area contributed by atoms with Crippen molar-refractivity contribution in [3.05, 3.63) is 59.8 Å². The van der Waals surface area contributed by atoms with Gasteiger partial charge in [-0.25, -0.2) is 15.0 Å². The van der Waals surface area contributed by atoms with Gasteiger partial charge in [-0.2, -0.15) is 0 Å². The summed E-state index contributed by atoms with van der Waals surface area (Å²) >= 11 is 0. The average molecular weight is 265 g/mol. The van der Waals surface area contributed by atoms with Crippen LogP contribution in [0, 0.1) is 0 Å². The van der Waals surface area contributed by atoms with Crippen molar-refractivity contribution >= 4 is 17.2 Å². The maximum Gasteiger partial charge on any atom is 0.222 e. The average Bonchev–Trinajstić information content (AvgIpc) is 3.11. The van der Waals surface area contributed by atoms with Crippen molar-refractivity contribution in [2.24, 2.45) is 0 Å². The zero-order valence-corrected chi connectivity index (χ0v) is 11.0. The number of imidazole rings is 1. The molecule has 0 saturated carbocycles. The van der Waals surface area contributed by atoms with Crippen LogP contribution in [0.4, 0.5) is 5.95 Å². The fourth-order valence-corrected chi connectivity index (χ4v) is 2.58. The second kappa shape index (κ2) is 4.16. The van der Waals surface area contributed by atoms with E-state index in [1.165, 1.54) is 5.57 Å². The molecule has 0 fully saturated rings. The van der Waals surface area contributed by atoms with Crippen LogP contribution in [0.3, 0.4) is 0 Å². The Bertz CT molecular complexity index is 837. The summed E-state index contributed by atoms with van der Waals surface area (Å²) in [5, 5.41) is 2.97. The van der Waals surface area contributed by atoms with E-state index in [1.54, 1.807) is 6.20 Å². The topological polar surface area (TPSA) is 55.1 Å². The van der Waals surface area contributed by atoms with E-state index in [1.807, 2.05) is 29.9 Å². The lowest BCUT2D eigenvalue weighted by Crippen LogP contribution is -2.00. The molecular formula is C15H15N5.